The predicted molar refractivity (Wildman–Crippen MR) is 94.3 cm³/mol. The molecule has 0 bridgehead atoms. The van der Waals surface area contributed by atoms with Crippen LogP contribution in [0.25, 0.3) is 0 Å². The van der Waals surface area contributed by atoms with E-state index in [9.17, 15) is 0 Å². The molecule has 2 rings (SSSR count). The molecular weight excluding hydrogens is 324 g/mol. The smallest absolute Gasteiger partial charge is 0.0332 e. The van der Waals surface area contributed by atoms with E-state index in [1.165, 1.54) is 42.1 Å². The van der Waals surface area contributed by atoms with E-state index in [4.69, 9.17) is 5.73 Å². The highest BCUT2D eigenvalue weighted by molar-refractivity contribution is 9.10. The van der Waals surface area contributed by atoms with Gasteiger partial charge in [-0.2, -0.15) is 0 Å². The third kappa shape index (κ3) is 4.08. The van der Waals surface area contributed by atoms with E-state index in [-0.39, 0.29) is 5.54 Å². The second-order valence-electron chi connectivity index (χ2n) is 7.39. The van der Waals surface area contributed by atoms with Crippen LogP contribution in [-0.2, 0) is 6.54 Å². The third-order valence-electron chi connectivity index (χ3n) is 5.32. The molecule has 1 saturated carbocycles. The summed E-state index contributed by atoms with van der Waals surface area (Å²) >= 11 is 3.66. The van der Waals surface area contributed by atoms with Gasteiger partial charge in [-0.05, 0) is 49.8 Å². The number of hydrogen-bond acceptors (Lipinski definition) is 2. The molecule has 3 heteroatoms. The normalized spacial score (nSPS) is 25.8. The molecule has 0 radical (unpaired) electrons. The van der Waals surface area contributed by atoms with E-state index in [0.29, 0.717) is 5.41 Å². The summed E-state index contributed by atoms with van der Waals surface area (Å²) in [6.07, 6.45) is 6.29. The van der Waals surface area contributed by atoms with Gasteiger partial charge in [0, 0.05) is 23.1 Å². The summed E-state index contributed by atoms with van der Waals surface area (Å²) in [7, 11) is 2.24. The molecule has 2 nitrogen and oxygen atoms in total. The molecule has 0 amide bonds. The molecule has 0 aliphatic heterocycles. The van der Waals surface area contributed by atoms with Crippen LogP contribution in [-0.4, -0.2) is 24.0 Å². The number of benzene rings is 1. The van der Waals surface area contributed by atoms with E-state index in [2.05, 4.69) is 66.0 Å². The van der Waals surface area contributed by atoms with Crippen molar-refractivity contribution in [1.29, 1.82) is 0 Å². The quantitative estimate of drug-likeness (QED) is 0.804. The highest BCUT2D eigenvalue weighted by Crippen LogP contribution is 2.40. The van der Waals surface area contributed by atoms with E-state index in [1.807, 2.05) is 0 Å². The number of hydrogen-bond donors (Lipinski definition) is 1. The summed E-state index contributed by atoms with van der Waals surface area (Å²) in [4.78, 5) is 2.49. The molecule has 1 aliphatic rings. The molecule has 1 aromatic carbocycles. The number of rotatable bonds is 4. The second-order valence-corrected chi connectivity index (χ2v) is 8.25. The molecule has 1 aromatic rings. The maximum Gasteiger partial charge on any atom is 0.0332 e. The Kier molecular flexibility index (Phi) is 5.50. The third-order valence-corrected chi connectivity index (χ3v) is 6.09. The van der Waals surface area contributed by atoms with Gasteiger partial charge in [-0.1, -0.05) is 54.4 Å². The topological polar surface area (TPSA) is 29.3 Å². The Morgan fingerprint density at radius 1 is 1.14 bits per heavy atom. The Bertz CT molecular complexity index is 472. The SMILES string of the molecule is CN(Cc1ccccc1Br)C1(CN)CCCC(C)(C)CC1. The van der Waals surface area contributed by atoms with E-state index >= 15 is 0 Å². The Balaban J connectivity index is 2.14. The summed E-state index contributed by atoms with van der Waals surface area (Å²) in [6, 6.07) is 8.50. The lowest BCUT2D eigenvalue weighted by atomic mass is 9.83. The maximum atomic E-state index is 6.24. The highest BCUT2D eigenvalue weighted by Gasteiger charge is 2.37. The van der Waals surface area contributed by atoms with Crippen LogP contribution in [0, 0.1) is 5.41 Å². The summed E-state index contributed by atoms with van der Waals surface area (Å²) in [5, 5.41) is 0. The van der Waals surface area contributed by atoms with Crippen LogP contribution in [0.3, 0.4) is 0 Å². The predicted octanol–water partition coefficient (Wildman–Crippen LogP) is 4.57. The van der Waals surface area contributed by atoms with Crippen LogP contribution in [0.2, 0.25) is 0 Å². The van der Waals surface area contributed by atoms with Crippen molar-refractivity contribution in [2.24, 2.45) is 11.1 Å². The lowest BCUT2D eigenvalue weighted by Crippen LogP contribution is -2.51. The first-order valence-electron chi connectivity index (χ1n) is 8.03. The van der Waals surface area contributed by atoms with Crippen molar-refractivity contribution in [3.8, 4) is 0 Å². The molecule has 1 fully saturated rings. The van der Waals surface area contributed by atoms with Crippen molar-refractivity contribution >= 4 is 15.9 Å². The minimum Gasteiger partial charge on any atom is -0.329 e. The molecule has 1 unspecified atom stereocenters. The van der Waals surface area contributed by atoms with Crippen molar-refractivity contribution in [3.63, 3.8) is 0 Å². The second kappa shape index (κ2) is 6.80. The molecule has 118 valence electrons. The first kappa shape index (κ1) is 17.0. The molecule has 1 aliphatic carbocycles. The van der Waals surface area contributed by atoms with Gasteiger partial charge < -0.3 is 5.73 Å². The Morgan fingerprint density at radius 2 is 1.86 bits per heavy atom. The zero-order chi connectivity index (χ0) is 15.5. The number of halogens is 1. The molecule has 0 aromatic heterocycles. The lowest BCUT2D eigenvalue weighted by molar-refractivity contribution is 0.0959. The average molecular weight is 353 g/mol. The van der Waals surface area contributed by atoms with Gasteiger partial charge in [-0.3, -0.25) is 4.90 Å². The first-order valence-corrected chi connectivity index (χ1v) is 8.83. The number of nitrogens with two attached hydrogens (primary N) is 1. The van der Waals surface area contributed by atoms with Crippen LogP contribution in [0.1, 0.15) is 51.5 Å². The van der Waals surface area contributed by atoms with Crippen molar-refractivity contribution in [2.45, 2.75) is 58.0 Å². The molecule has 0 heterocycles. The summed E-state index contributed by atoms with van der Waals surface area (Å²) in [5.41, 5.74) is 8.20. The minimum atomic E-state index is 0.156. The molecule has 0 saturated heterocycles. The average Bonchev–Trinajstić information content (AvgIpc) is 2.60. The zero-order valence-electron chi connectivity index (χ0n) is 13.7. The van der Waals surface area contributed by atoms with E-state index < -0.39 is 0 Å². The number of likely N-dealkylation sites (N-methyl/N-ethyl adjacent to an activating group) is 1. The standard InChI is InChI=1S/C18H29BrN2/c1-17(2)9-6-10-18(14-20,12-11-17)21(3)13-15-7-4-5-8-16(15)19/h4-5,7-8H,6,9-14,20H2,1-3H3. The van der Waals surface area contributed by atoms with Gasteiger partial charge in [-0.15, -0.1) is 0 Å². The van der Waals surface area contributed by atoms with Crippen LogP contribution in [0.5, 0.6) is 0 Å². The van der Waals surface area contributed by atoms with Crippen LogP contribution in [0.15, 0.2) is 28.7 Å². The first-order chi connectivity index (χ1) is 9.88. The zero-order valence-corrected chi connectivity index (χ0v) is 15.2. The van der Waals surface area contributed by atoms with Crippen molar-refractivity contribution < 1.29 is 0 Å². The van der Waals surface area contributed by atoms with Gasteiger partial charge in [0.2, 0.25) is 0 Å². The Morgan fingerprint density at radius 3 is 2.52 bits per heavy atom. The van der Waals surface area contributed by atoms with Gasteiger partial charge in [0.15, 0.2) is 0 Å². The van der Waals surface area contributed by atoms with Gasteiger partial charge in [0.1, 0.15) is 0 Å². The number of nitrogens with zero attached hydrogens (tertiary/aromatic N) is 1. The fourth-order valence-electron chi connectivity index (χ4n) is 3.51. The van der Waals surface area contributed by atoms with Crippen molar-refractivity contribution in [3.05, 3.63) is 34.3 Å². The minimum absolute atomic E-state index is 0.156. The Hall–Kier alpha value is -0.380. The van der Waals surface area contributed by atoms with Gasteiger partial charge in [-0.25, -0.2) is 0 Å². The van der Waals surface area contributed by atoms with E-state index in [1.54, 1.807) is 0 Å². The summed E-state index contributed by atoms with van der Waals surface area (Å²) < 4.78 is 1.19. The molecule has 0 spiro atoms. The van der Waals surface area contributed by atoms with Gasteiger partial charge in [0.25, 0.3) is 0 Å². The molecule has 21 heavy (non-hydrogen) atoms. The van der Waals surface area contributed by atoms with Crippen LogP contribution in [0.4, 0.5) is 0 Å². The van der Waals surface area contributed by atoms with Gasteiger partial charge >= 0.3 is 0 Å². The van der Waals surface area contributed by atoms with Crippen molar-refractivity contribution in [1.82, 2.24) is 4.90 Å². The fourth-order valence-corrected chi connectivity index (χ4v) is 3.92. The van der Waals surface area contributed by atoms with E-state index in [0.717, 1.165) is 13.1 Å². The monoisotopic (exact) mass is 352 g/mol. The summed E-state index contributed by atoms with van der Waals surface area (Å²) in [6.45, 7) is 6.50. The van der Waals surface area contributed by atoms with Crippen molar-refractivity contribution in [2.75, 3.05) is 13.6 Å². The Labute approximate surface area is 138 Å². The maximum absolute atomic E-state index is 6.24. The molecule has 2 N–H and O–H groups in total. The highest BCUT2D eigenvalue weighted by atomic mass is 79.9. The molecular formula is C18H29BrN2. The fraction of sp³-hybridized carbons (Fsp3) is 0.667. The van der Waals surface area contributed by atoms with Crippen LogP contribution >= 0.6 is 15.9 Å². The van der Waals surface area contributed by atoms with Gasteiger partial charge in [0.05, 0.1) is 0 Å². The summed E-state index contributed by atoms with van der Waals surface area (Å²) in [5.74, 6) is 0. The molecule has 1 atom stereocenters. The largest absolute Gasteiger partial charge is 0.329 e. The van der Waals surface area contributed by atoms with Crippen LogP contribution < -0.4 is 5.73 Å². The lowest BCUT2D eigenvalue weighted by Gasteiger charge is -2.41.